The number of hydrogen-bond donors (Lipinski definition) is 1. The molecule has 0 saturated carbocycles. The fourth-order valence-electron chi connectivity index (χ4n) is 3.24. The lowest BCUT2D eigenvalue weighted by atomic mass is 10.0. The Morgan fingerprint density at radius 1 is 1.03 bits per heavy atom. The molecule has 7 nitrogen and oxygen atoms in total. The summed E-state index contributed by atoms with van der Waals surface area (Å²) in [7, 11) is -2.37. The molecule has 1 atom stereocenters. The largest absolute Gasteiger partial charge is 0.357 e. The number of benzene rings is 2. The molecule has 0 aliphatic carbocycles. The molecule has 174 valence electrons. The number of nitrogens with zero attached hydrogens (tertiary/aromatic N) is 2. The topological polar surface area (TPSA) is 86.8 Å². The quantitative estimate of drug-likeness (QED) is 0.620. The predicted octanol–water partition coefficient (Wildman–Crippen LogP) is 2.88. The normalized spacial score (nSPS) is 12.3. The molecule has 0 aliphatic heterocycles. The van der Waals surface area contributed by atoms with Crippen LogP contribution < -0.4 is 9.62 Å². The first-order chi connectivity index (χ1) is 15.0. The first-order valence-corrected chi connectivity index (χ1v) is 12.1. The number of rotatable bonds is 9. The maximum Gasteiger partial charge on any atom is 0.244 e. The highest BCUT2D eigenvalue weighted by molar-refractivity contribution is 7.92. The molecule has 0 spiro atoms. The summed E-state index contributed by atoms with van der Waals surface area (Å²) in [4.78, 5) is 26.7. The zero-order valence-electron chi connectivity index (χ0n) is 19.0. The van der Waals surface area contributed by atoms with Gasteiger partial charge in [0.2, 0.25) is 21.8 Å². The molecule has 0 bridgehead atoms. The number of anilines is 1. The zero-order valence-corrected chi connectivity index (χ0v) is 19.8. The van der Waals surface area contributed by atoms with Crippen molar-refractivity contribution in [2.45, 2.75) is 39.3 Å². The fraction of sp³-hybridized carbons (Fsp3) is 0.391. The molecule has 0 heterocycles. The maximum absolute atomic E-state index is 14.2. The minimum absolute atomic E-state index is 0.177. The van der Waals surface area contributed by atoms with E-state index in [0.29, 0.717) is 5.69 Å². The second-order valence-electron chi connectivity index (χ2n) is 7.92. The van der Waals surface area contributed by atoms with Gasteiger partial charge in [0.1, 0.15) is 18.4 Å². The van der Waals surface area contributed by atoms with E-state index in [1.165, 1.54) is 37.1 Å². The van der Waals surface area contributed by atoms with Gasteiger partial charge in [-0.05, 0) is 36.6 Å². The third-order valence-corrected chi connectivity index (χ3v) is 6.38. The summed E-state index contributed by atoms with van der Waals surface area (Å²) in [6.07, 6.45) is 1.01. The van der Waals surface area contributed by atoms with Crippen LogP contribution in [0.5, 0.6) is 0 Å². The number of nitrogens with one attached hydrogen (secondary N) is 1. The van der Waals surface area contributed by atoms with Crippen LogP contribution in [0.25, 0.3) is 0 Å². The molecule has 0 aromatic heterocycles. The number of halogens is 1. The van der Waals surface area contributed by atoms with Gasteiger partial charge in [0.05, 0.1) is 11.9 Å². The van der Waals surface area contributed by atoms with E-state index in [9.17, 15) is 22.4 Å². The number of carbonyl (C=O) groups excluding carboxylic acids is 2. The van der Waals surface area contributed by atoms with E-state index < -0.39 is 40.2 Å². The summed E-state index contributed by atoms with van der Waals surface area (Å²) < 4.78 is 40.2. The van der Waals surface area contributed by atoms with E-state index in [2.05, 4.69) is 5.32 Å². The van der Waals surface area contributed by atoms with Crippen molar-refractivity contribution in [1.82, 2.24) is 10.2 Å². The van der Waals surface area contributed by atoms with Crippen LogP contribution in [0.4, 0.5) is 10.1 Å². The molecule has 2 amide bonds. The second kappa shape index (κ2) is 10.6. The van der Waals surface area contributed by atoms with Crippen LogP contribution in [0.3, 0.4) is 0 Å². The molecule has 9 heteroatoms. The van der Waals surface area contributed by atoms with Crippen molar-refractivity contribution in [3.63, 3.8) is 0 Å². The van der Waals surface area contributed by atoms with Crippen molar-refractivity contribution in [1.29, 1.82) is 0 Å². The molecule has 2 aromatic rings. The van der Waals surface area contributed by atoms with E-state index >= 15 is 0 Å². The first kappa shape index (κ1) is 25.3. The summed E-state index contributed by atoms with van der Waals surface area (Å²) in [5.41, 5.74) is 1.59. The number of hydrogen-bond acceptors (Lipinski definition) is 4. The molecular formula is C23H30FN3O4S. The minimum atomic E-state index is -3.80. The van der Waals surface area contributed by atoms with Crippen LogP contribution in [0.2, 0.25) is 0 Å². The highest BCUT2D eigenvalue weighted by Gasteiger charge is 2.30. The monoisotopic (exact) mass is 463 g/mol. The molecule has 0 fully saturated rings. The third-order valence-electron chi connectivity index (χ3n) is 5.24. The summed E-state index contributed by atoms with van der Waals surface area (Å²) in [6, 6.07) is 11.9. The number of carbonyl (C=O) groups is 2. The van der Waals surface area contributed by atoms with Crippen LogP contribution in [-0.4, -0.2) is 51.0 Å². The predicted molar refractivity (Wildman–Crippen MR) is 123 cm³/mol. The summed E-state index contributed by atoms with van der Waals surface area (Å²) >= 11 is 0. The average molecular weight is 464 g/mol. The molecule has 32 heavy (non-hydrogen) atoms. The molecular weight excluding hydrogens is 433 g/mol. The Morgan fingerprint density at radius 3 is 2.12 bits per heavy atom. The van der Waals surface area contributed by atoms with E-state index in [1.807, 2.05) is 26.0 Å². The van der Waals surface area contributed by atoms with Gasteiger partial charge in [-0.3, -0.25) is 13.9 Å². The van der Waals surface area contributed by atoms with Crippen LogP contribution in [0.1, 0.15) is 37.8 Å². The van der Waals surface area contributed by atoms with Gasteiger partial charge in [0, 0.05) is 19.2 Å². The molecule has 0 radical (unpaired) electrons. The smallest absolute Gasteiger partial charge is 0.244 e. The lowest BCUT2D eigenvalue weighted by Crippen LogP contribution is -2.50. The lowest BCUT2D eigenvalue weighted by molar-refractivity contribution is -0.139. The number of sulfonamides is 1. The molecule has 0 aliphatic rings. The van der Waals surface area contributed by atoms with Crippen molar-refractivity contribution < 1.29 is 22.4 Å². The Hall–Kier alpha value is -2.94. The molecule has 1 N–H and O–H groups in total. The number of amides is 2. The van der Waals surface area contributed by atoms with Gasteiger partial charge in [-0.2, -0.15) is 0 Å². The Labute approximate surface area is 189 Å². The van der Waals surface area contributed by atoms with Gasteiger partial charge in [-0.15, -0.1) is 0 Å². The van der Waals surface area contributed by atoms with E-state index in [0.717, 1.165) is 16.1 Å². The molecule has 2 rings (SSSR count). The summed E-state index contributed by atoms with van der Waals surface area (Å²) in [6.45, 7) is 4.86. The van der Waals surface area contributed by atoms with Gasteiger partial charge in [0.15, 0.2) is 0 Å². The van der Waals surface area contributed by atoms with E-state index in [-0.39, 0.29) is 18.0 Å². The number of likely N-dealkylation sites (N-methyl/N-ethyl adjacent to an activating group) is 1. The Bertz CT molecular complexity index is 1060. The molecule has 0 saturated heterocycles. The highest BCUT2D eigenvalue weighted by atomic mass is 32.2. The first-order valence-electron chi connectivity index (χ1n) is 10.3. The summed E-state index contributed by atoms with van der Waals surface area (Å²) in [5.74, 6) is -1.31. The van der Waals surface area contributed by atoms with Crippen LogP contribution in [0, 0.1) is 5.82 Å². The maximum atomic E-state index is 14.2. The van der Waals surface area contributed by atoms with Crippen LogP contribution in [0.15, 0.2) is 48.5 Å². The van der Waals surface area contributed by atoms with Gasteiger partial charge in [-0.25, -0.2) is 12.8 Å². The van der Waals surface area contributed by atoms with Crippen LogP contribution in [-0.2, 0) is 26.2 Å². The average Bonchev–Trinajstić information content (AvgIpc) is 2.75. The third kappa shape index (κ3) is 6.29. The van der Waals surface area contributed by atoms with Gasteiger partial charge < -0.3 is 10.2 Å². The molecule has 1 unspecified atom stereocenters. The van der Waals surface area contributed by atoms with Crippen molar-refractivity contribution >= 4 is 27.5 Å². The van der Waals surface area contributed by atoms with E-state index in [4.69, 9.17) is 0 Å². The van der Waals surface area contributed by atoms with Crippen molar-refractivity contribution in [3.8, 4) is 0 Å². The van der Waals surface area contributed by atoms with Crippen molar-refractivity contribution in [3.05, 3.63) is 65.5 Å². The molecule has 2 aromatic carbocycles. The lowest BCUT2D eigenvalue weighted by Gasteiger charge is -2.31. The Kier molecular flexibility index (Phi) is 8.38. The summed E-state index contributed by atoms with van der Waals surface area (Å²) in [5, 5.41) is 2.47. The van der Waals surface area contributed by atoms with Crippen molar-refractivity contribution in [2.75, 3.05) is 24.2 Å². The Balaban J connectivity index is 2.38. The van der Waals surface area contributed by atoms with Crippen molar-refractivity contribution in [2.24, 2.45) is 0 Å². The zero-order chi connectivity index (χ0) is 24.1. The standard InChI is InChI=1S/C23H30FN3O4S/c1-16(2)18-10-12-20(13-11-18)27(32(5,30)31)15-22(28)26(17(3)23(29)25-4)14-19-8-6-7-9-21(19)24/h6-13,16-17H,14-15H2,1-5H3,(H,25,29). The highest BCUT2D eigenvalue weighted by Crippen LogP contribution is 2.23. The van der Waals surface area contributed by atoms with E-state index in [1.54, 1.807) is 18.2 Å². The van der Waals surface area contributed by atoms with Gasteiger partial charge in [0.25, 0.3) is 0 Å². The van der Waals surface area contributed by atoms with Crippen LogP contribution >= 0.6 is 0 Å². The fourth-order valence-corrected chi connectivity index (χ4v) is 4.09. The minimum Gasteiger partial charge on any atom is -0.357 e. The SMILES string of the molecule is CNC(=O)C(C)N(Cc1ccccc1F)C(=O)CN(c1ccc(C(C)C)cc1)S(C)(=O)=O. The van der Waals surface area contributed by atoms with Gasteiger partial charge >= 0.3 is 0 Å². The second-order valence-corrected chi connectivity index (χ2v) is 9.83. The van der Waals surface area contributed by atoms with Gasteiger partial charge in [-0.1, -0.05) is 44.2 Å². The Morgan fingerprint density at radius 2 is 1.62 bits per heavy atom.